The van der Waals surface area contributed by atoms with Crippen molar-refractivity contribution >= 4 is 40.6 Å². The molecule has 8 nitrogen and oxygen atoms in total. The predicted octanol–water partition coefficient (Wildman–Crippen LogP) is 6.77. The molecule has 3 N–H and O–H groups in total. The van der Waals surface area contributed by atoms with Gasteiger partial charge in [0, 0.05) is 35.3 Å². The van der Waals surface area contributed by atoms with E-state index in [4.69, 9.17) is 11.6 Å². The third kappa shape index (κ3) is 9.81. The van der Waals surface area contributed by atoms with E-state index in [2.05, 4.69) is 51.3 Å². The van der Waals surface area contributed by atoms with Gasteiger partial charge in [-0.3, -0.25) is 9.59 Å². The topological polar surface area (TPSA) is 109 Å². The lowest BCUT2D eigenvalue weighted by molar-refractivity contribution is 0.0669. The first-order valence-corrected chi connectivity index (χ1v) is 13.8. The third-order valence-electron chi connectivity index (χ3n) is 5.57. The van der Waals surface area contributed by atoms with Crippen molar-refractivity contribution in [1.29, 1.82) is 0 Å². The molecule has 0 fully saturated rings. The molecular formula is C27H35ClF2N6O2S. The van der Waals surface area contributed by atoms with Crippen LogP contribution in [0.1, 0.15) is 91.5 Å². The molecule has 0 saturated heterocycles. The van der Waals surface area contributed by atoms with Crippen LogP contribution in [0.15, 0.2) is 53.6 Å². The molecule has 2 amide bonds. The first-order chi connectivity index (χ1) is 18.4. The van der Waals surface area contributed by atoms with Crippen molar-refractivity contribution in [2.45, 2.75) is 78.3 Å². The number of nitrogens with one attached hydrogen (secondary N) is 3. The van der Waals surface area contributed by atoms with E-state index in [9.17, 15) is 18.4 Å². The fourth-order valence-corrected chi connectivity index (χ4v) is 4.72. The van der Waals surface area contributed by atoms with Crippen molar-refractivity contribution in [2.24, 2.45) is 0 Å². The number of thiazole rings is 1. The summed E-state index contributed by atoms with van der Waals surface area (Å²) in [5.41, 5.74) is -0.0927. The van der Waals surface area contributed by atoms with Crippen LogP contribution >= 0.6 is 22.9 Å². The second-order valence-corrected chi connectivity index (χ2v) is 10.6. The summed E-state index contributed by atoms with van der Waals surface area (Å²) in [6.07, 6.45) is 8.98. The van der Waals surface area contributed by atoms with Crippen molar-refractivity contribution in [1.82, 2.24) is 25.6 Å². The maximum atomic E-state index is 13.9. The number of alkyl halides is 2. The maximum absolute atomic E-state index is 13.9. The molecule has 0 aliphatic rings. The largest absolute Gasteiger partial charge is 0.367 e. The minimum Gasteiger partial charge on any atom is -0.367 e. The summed E-state index contributed by atoms with van der Waals surface area (Å²) >= 11 is 6.94. The fraction of sp³-hybridized carbons (Fsp3) is 0.444. The highest BCUT2D eigenvalue weighted by atomic mass is 35.5. The Labute approximate surface area is 237 Å². The Bertz CT molecular complexity index is 1220. The van der Waals surface area contributed by atoms with Crippen molar-refractivity contribution in [3.8, 4) is 0 Å². The van der Waals surface area contributed by atoms with Gasteiger partial charge in [0.05, 0.1) is 12.2 Å². The van der Waals surface area contributed by atoms with Crippen LogP contribution in [0.4, 0.5) is 14.6 Å². The van der Waals surface area contributed by atoms with E-state index in [-0.39, 0.29) is 27.3 Å². The first-order valence-electron chi connectivity index (χ1n) is 12.6. The second kappa shape index (κ2) is 14.8. The fourth-order valence-electron chi connectivity index (χ4n) is 3.69. The van der Waals surface area contributed by atoms with E-state index in [1.807, 2.05) is 0 Å². The number of amides is 2. The van der Waals surface area contributed by atoms with Gasteiger partial charge in [-0.1, -0.05) is 50.9 Å². The average molecular weight is 581 g/mol. The number of halogens is 3. The Kier molecular flexibility index (Phi) is 12.2. The van der Waals surface area contributed by atoms with Crippen LogP contribution in [0.25, 0.3) is 0 Å². The molecule has 2 rings (SSSR count). The van der Waals surface area contributed by atoms with Crippen molar-refractivity contribution in [3.63, 3.8) is 0 Å². The molecule has 39 heavy (non-hydrogen) atoms. The van der Waals surface area contributed by atoms with E-state index in [0.717, 1.165) is 49.2 Å². The lowest BCUT2D eigenvalue weighted by atomic mass is 10.1. The molecule has 12 heteroatoms. The number of carbonyl (C=O) groups excluding carboxylic acids is 2. The highest BCUT2D eigenvalue weighted by Crippen LogP contribution is 2.30. The summed E-state index contributed by atoms with van der Waals surface area (Å²) in [7, 11) is 0. The zero-order valence-corrected chi connectivity index (χ0v) is 24.3. The molecule has 0 bridgehead atoms. The van der Waals surface area contributed by atoms with Crippen LogP contribution in [0.5, 0.6) is 0 Å². The molecule has 0 spiro atoms. The summed E-state index contributed by atoms with van der Waals surface area (Å²) in [4.78, 5) is 38.3. The van der Waals surface area contributed by atoms with Gasteiger partial charge in [-0.2, -0.15) is 0 Å². The van der Waals surface area contributed by atoms with Crippen LogP contribution < -0.4 is 16.0 Å². The average Bonchev–Trinajstić information content (AvgIpc) is 3.37. The van der Waals surface area contributed by atoms with E-state index < -0.39 is 29.4 Å². The van der Waals surface area contributed by atoms with Gasteiger partial charge in [-0.25, -0.2) is 23.7 Å². The second-order valence-electron chi connectivity index (χ2n) is 9.10. The van der Waals surface area contributed by atoms with Crippen LogP contribution in [0, 0.1) is 0 Å². The molecule has 0 radical (unpaired) electrons. The minimum atomic E-state index is -3.23. The summed E-state index contributed by atoms with van der Waals surface area (Å²) in [6.45, 7) is 11.6. The zero-order chi connectivity index (χ0) is 29.2. The molecule has 1 atom stereocenters. The van der Waals surface area contributed by atoms with E-state index in [1.54, 1.807) is 13.0 Å². The van der Waals surface area contributed by atoms with E-state index in [0.29, 0.717) is 17.7 Å². The number of nitrogens with zero attached hydrogens (tertiary/aromatic N) is 3. The Hall–Kier alpha value is -3.18. The Balaban J connectivity index is 2.07. The summed E-state index contributed by atoms with van der Waals surface area (Å²) in [5.74, 6) is -3.58. The predicted molar refractivity (Wildman–Crippen MR) is 152 cm³/mol. The van der Waals surface area contributed by atoms with Crippen molar-refractivity contribution in [3.05, 3.63) is 69.2 Å². The Morgan fingerprint density at radius 2 is 1.85 bits per heavy atom. The molecule has 1 unspecified atom stereocenters. The van der Waals surface area contributed by atoms with Gasteiger partial charge in [0.2, 0.25) is 0 Å². The lowest BCUT2D eigenvalue weighted by Crippen LogP contribution is -2.28. The van der Waals surface area contributed by atoms with Gasteiger partial charge in [-0.05, 0) is 32.8 Å². The summed E-state index contributed by atoms with van der Waals surface area (Å²) < 4.78 is 27.8. The molecule has 2 aromatic rings. The van der Waals surface area contributed by atoms with Gasteiger partial charge in [0.15, 0.2) is 0 Å². The summed E-state index contributed by atoms with van der Waals surface area (Å²) in [5, 5.41) is 9.04. The normalized spacial score (nSPS) is 13.5. The van der Waals surface area contributed by atoms with Crippen LogP contribution in [-0.2, 0) is 0 Å². The Morgan fingerprint density at radius 1 is 1.18 bits per heavy atom. The molecule has 0 aliphatic carbocycles. The zero-order valence-electron chi connectivity index (χ0n) is 22.8. The van der Waals surface area contributed by atoms with Gasteiger partial charge in [-0.15, -0.1) is 11.3 Å². The standard InChI is InChI=1S/C27H35ClF2N6O2S/c1-7-10-18(11-8-2)36-23-13-21(32-15-33-23)24(37)35-17(5)26-31-14-22(39-26)25(38)34-16(4)12-19(20(28)9-3)27(6,29)30/h9,12-15,17-18H,3,7-8,10-11H2,1-2,4-6H3,(H,34,38)(H,35,37)(H,32,33,36)/b16-12+,20-19-. The first kappa shape index (κ1) is 32.0. The van der Waals surface area contributed by atoms with Gasteiger partial charge < -0.3 is 16.0 Å². The molecule has 2 aromatic heterocycles. The molecule has 0 aromatic carbocycles. The van der Waals surface area contributed by atoms with E-state index >= 15 is 0 Å². The van der Waals surface area contributed by atoms with Crippen LogP contribution in [0.2, 0.25) is 0 Å². The van der Waals surface area contributed by atoms with Gasteiger partial charge in [0.1, 0.15) is 27.7 Å². The monoisotopic (exact) mass is 580 g/mol. The van der Waals surface area contributed by atoms with Crippen LogP contribution in [-0.4, -0.2) is 38.7 Å². The molecule has 0 saturated carbocycles. The summed E-state index contributed by atoms with van der Waals surface area (Å²) in [6, 6.07) is 1.36. The number of rotatable bonds is 14. The molecule has 0 aliphatic heterocycles. The van der Waals surface area contributed by atoms with Crippen LogP contribution in [0.3, 0.4) is 0 Å². The van der Waals surface area contributed by atoms with Gasteiger partial charge in [0.25, 0.3) is 17.7 Å². The van der Waals surface area contributed by atoms with Gasteiger partial charge >= 0.3 is 0 Å². The minimum absolute atomic E-state index is 0.168. The smallest absolute Gasteiger partial charge is 0.272 e. The maximum Gasteiger partial charge on any atom is 0.272 e. The quantitative estimate of drug-likeness (QED) is 0.213. The highest BCUT2D eigenvalue weighted by Gasteiger charge is 2.28. The van der Waals surface area contributed by atoms with Crippen molar-refractivity contribution < 1.29 is 18.4 Å². The number of anilines is 1. The highest BCUT2D eigenvalue weighted by molar-refractivity contribution is 7.13. The number of hydrogen-bond donors (Lipinski definition) is 3. The lowest BCUT2D eigenvalue weighted by Gasteiger charge is -2.18. The van der Waals surface area contributed by atoms with E-state index in [1.165, 1.54) is 19.4 Å². The van der Waals surface area contributed by atoms with Crippen molar-refractivity contribution in [2.75, 3.05) is 5.32 Å². The third-order valence-corrected chi connectivity index (χ3v) is 7.11. The number of hydrogen-bond acceptors (Lipinski definition) is 7. The molecule has 2 heterocycles. The number of carbonyl (C=O) groups is 2. The molecular weight excluding hydrogens is 546 g/mol. The SMILES string of the molecule is C=C/C(Cl)=C(\C=C(/C)NC(=O)c1cnc(C(C)NC(=O)c2cc(NC(CCC)CCC)ncn2)s1)C(C)(F)F. The Morgan fingerprint density at radius 3 is 2.44 bits per heavy atom. The number of allylic oxidation sites excluding steroid dienone is 5. The number of aromatic nitrogens is 3. The molecule has 212 valence electrons.